The first-order chi connectivity index (χ1) is 22.1. The van der Waals surface area contributed by atoms with Gasteiger partial charge in [0.25, 0.3) is 0 Å². The lowest BCUT2D eigenvalue weighted by molar-refractivity contribution is -0.338. The van der Waals surface area contributed by atoms with E-state index in [4.69, 9.17) is 113 Å². The fourth-order valence-corrected chi connectivity index (χ4v) is 12.9. The predicted octanol–water partition coefficient (Wildman–Crippen LogP) is 6.44. The Kier molecular flexibility index (Phi) is 15.4. The van der Waals surface area contributed by atoms with Gasteiger partial charge in [-0.2, -0.15) is 0 Å². The van der Waals surface area contributed by atoms with Gasteiger partial charge in [-0.1, -0.05) is 0 Å². The van der Waals surface area contributed by atoms with Gasteiger partial charge in [-0.3, -0.25) is 14.8 Å². The first-order valence-corrected chi connectivity index (χ1v) is 20.5. The molecule has 0 aliphatic heterocycles. The number of hydrogen-bond acceptors (Lipinski definition) is 9. The molecular formula is C28H38Cl8O10S. The second-order valence-corrected chi connectivity index (χ2v) is 19.3. The Bertz CT molecular complexity index is 1170. The molecular weight excluding hydrogens is 812 g/mol. The number of rotatable bonds is 11. The highest BCUT2D eigenvalue weighted by Crippen LogP contribution is 2.45. The van der Waals surface area contributed by atoms with E-state index < -0.39 is 105 Å². The SMILES string of the molecule is O=C(O)C1C(Cl)C(Cl)C(Cl)C(Cl)C1C(=O)OC1CCC(S(=O)(=O)C2CCC(OOCC3C(Cl)C(Cl)C(Cl)C(Cl)C3COO)CC2)CC1. The highest BCUT2D eigenvalue weighted by molar-refractivity contribution is 7.92. The minimum atomic E-state index is -3.49. The molecule has 0 heterocycles. The summed E-state index contributed by atoms with van der Waals surface area (Å²) in [6.45, 7) is -0.0807. The highest BCUT2D eigenvalue weighted by Gasteiger charge is 2.55. The van der Waals surface area contributed by atoms with Crippen LogP contribution < -0.4 is 0 Å². The normalized spacial score (nSPS) is 44.9. The number of aliphatic carboxylic acids is 1. The summed E-state index contributed by atoms with van der Waals surface area (Å²) in [6, 6.07) is 0. The number of hydrogen-bond donors (Lipinski definition) is 2. The second-order valence-electron chi connectivity index (χ2n) is 12.8. The van der Waals surface area contributed by atoms with Gasteiger partial charge in [0.2, 0.25) is 0 Å². The van der Waals surface area contributed by atoms with Crippen molar-refractivity contribution >= 4 is 115 Å². The molecule has 0 amide bonds. The first-order valence-electron chi connectivity index (χ1n) is 15.4. The molecule has 4 aliphatic rings. The largest absolute Gasteiger partial charge is 0.481 e. The van der Waals surface area contributed by atoms with Gasteiger partial charge < -0.3 is 9.84 Å². The van der Waals surface area contributed by atoms with Crippen molar-refractivity contribution in [2.45, 2.75) is 117 Å². The fraction of sp³-hybridized carbons (Fsp3) is 0.929. The summed E-state index contributed by atoms with van der Waals surface area (Å²) in [6.07, 6.45) is 1.99. The van der Waals surface area contributed by atoms with Crippen LogP contribution in [0, 0.1) is 23.7 Å². The van der Waals surface area contributed by atoms with Crippen molar-refractivity contribution in [1.29, 1.82) is 0 Å². The maximum absolute atomic E-state index is 13.5. The third kappa shape index (κ3) is 9.17. The number of carbonyl (C=O) groups is 2. The van der Waals surface area contributed by atoms with Gasteiger partial charge in [0.05, 0.1) is 84.7 Å². The van der Waals surface area contributed by atoms with Gasteiger partial charge in [-0.25, -0.2) is 23.1 Å². The van der Waals surface area contributed by atoms with Crippen molar-refractivity contribution in [3.05, 3.63) is 0 Å². The van der Waals surface area contributed by atoms with Gasteiger partial charge in [-0.15, -0.1) is 92.8 Å². The van der Waals surface area contributed by atoms with Crippen LogP contribution in [-0.4, -0.2) is 110 Å². The predicted molar refractivity (Wildman–Crippen MR) is 181 cm³/mol. The average Bonchev–Trinajstić information content (AvgIpc) is 3.04. The third-order valence-electron chi connectivity index (χ3n) is 10.0. The van der Waals surface area contributed by atoms with Gasteiger partial charge in [0.1, 0.15) is 6.10 Å². The molecule has 19 heteroatoms. The molecule has 4 fully saturated rings. The van der Waals surface area contributed by atoms with Crippen LogP contribution in [0.4, 0.5) is 0 Å². The van der Waals surface area contributed by atoms with Crippen molar-refractivity contribution < 1.29 is 47.8 Å². The minimum absolute atomic E-state index is 0.0275. The Balaban J connectivity index is 1.23. The summed E-state index contributed by atoms with van der Waals surface area (Å²) in [7, 11) is -3.49. The van der Waals surface area contributed by atoms with E-state index in [1.54, 1.807) is 0 Å². The van der Waals surface area contributed by atoms with Crippen LogP contribution in [0.25, 0.3) is 0 Å². The number of ether oxygens (including phenoxy) is 1. The first kappa shape index (κ1) is 40.8. The van der Waals surface area contributed by atoms with Crippen LogP contribution in [0.3, 0.4) is 0 Å². The molecule has 4 rings (SSSR count). The van der Waals surface area contributed by atoms with E-state index in [0.29, 0.717) is 51.4 Å². The summed E-state index contributed by atoms with van der Waals surface area (Å²) < 4.78 is 32.7. The number of esters is 1. The van der Waals surface area contributed by atoms with E-state index in [9.17, 15) is 23.1 Å². The number of carboxylic acids is 1. The summed E-state index contributed by atoms with van der Waals surface area (Å²) in [5.74, 6) is -5.71. The topological polar surface area (TPSA) is 146 Å². The fourth-order valence-electron chi connectivity index (χ4n) is 7.19. The molecule has 0 aromatic carbocycles. The lowest BCUT2D eigenvalue weighted by Crippen LogP contribution is -2.56. The van der Waals surface area contributed by atoms with Crippen LogP contribution in [0.15, 0.2) is 0 Å². The van der Waals surface area contributed by atoms with Gasteiger partial charge in [-0.05, 0) is 51.4 Å². The van der Waals surface area contributed by atoms with Crippen LogP contribution in [0.2, 0.25) is 0 Å². The molecule has 0 spiro atoms. The molecule has 0 saturated heterocycles. The maximum atomic E-state index is 13.5. The molecule has 12 unspecified atom stereocenters. The monoisotopic (exact) mass is 846 g/mol. The van der Waals surface area contributed by atoms with E-state index in [1.165, 1.54) is 0 Å². The number of halogens is 8. The maximum Gasteiger partial charge on any atom is 0.311 e. The Labute approximate surface area is 314 Å². The second kappa shape index (κ2) is 17.7. The molecule has 0 aromatic rings. The summed E-state index contributed by atoms with van der Waals surface area (Å²) in [5, 5.41) is 10.9. The van der Waals surface area contributed by atoms with Gasteiger partial charge in [0, 0.05) is 11.8 Å². The zero-order chi connectivity index (χ0) is 34.8. The third-order valence-corrected chi connectivity index (χ3v) is 18.0. The number of carboxylic acid groups (broad SMARTS) is 1. The molecule has 47 heavy (non-hydrogen) atoms. The Morgan fingerprint density at radius 3 is 1.49 bits per heavy atom. The summed E-state index contributed by atoms with van der Waals surface area (Å²) >= 11 is 50.6. The summed E-state index contributed by atoms with van der Waals surface area (Å²) in [5.41, 5.74) is 0. The van der Waals surface area contributed by atoms with E-state index >= 15 is 0 Å². The Morgan fingerprint density at radius 2 is 1.02 bits per heavy atom. The van der Waals surface area contributed by atoms with Crippen molar-refractivity contribution in [2.24, 2.45) is 23.7 Å². The average molecular weight is 850 g/mol. The van der Waals surface area contributed by atoms with E-state index in [0.717, 1.165) is 0 Å². The number of carbonyl (C=O) groups excluding carboxylic acids is 1. The van der Waals surface area contributed by atoms with E-state index in [1.807, 2.05) is 0 Å². The van der Waals surface area contributed by atoms with Crippen molar-refractivity contribution in [3.63, 3.8) is 0 Å². The molecule has 12 atom stereocenters. The van der Waals surface area contributed by atoms with Crippen molar-refractivity contribution in [1.82, 2.24) is 0 Å². The lowest BCUT2D eigenvalue weighted by Gasteiger charge is -2.42. The molecule has 0 aromatic heterocycles. The van der Waals surface area contributed by atoms with E-state index in [-0.39, 0.29) is 19.3 Å². The van der Waals surface area contributed by atoms with Gasteiger partial charge >= 0.3 is 11.9 Å². The highest BCUT2D eigenvalue weighted by atomic mass is 35.5. The molecule has 0 radical (unpaired) electrons. The van der Waals surface area contributed by atoms with Crippen LogP contribution >= 0.6 is 92.8 Å². The van der Waals surface area contributed by atoms with Crippen molar-refractivity contribution in [2.75, 3.05) is 13.2 Å². The molecule has 4 aliphatic carbocycles. The molecule has 2 N–H and O–H groups in total. The molecule has 272 valence electrons. The molecule has 10 nitrogen and oxygen atoms in total. The number of alkyl halides is 8. The van der Waals surface area contributed by atoms with E-state index in [2.05, 4.69) is 4.89 Å². The van der Waals surface area contributed by atoms with Crippen LogP contribution in [-0.2, 0) is 38.8 Å². The zero-order valence-corrected chi connectivity index (χ0v) is 31.8. The Morgan fingerprint density at radius 1 is 0.596 bits per heavy atom. The Hall–Kier alpha value is 1.05. The van der Waals surface area contributed by atoms with Gasteiger partial charge in [0.15, 0.2) is 9.84 Å². The molecule has 4 saturated carbocycles. The minimum Gasteiger partial charge on any atom is -0.481 e. The number of sulfone groups is 1. The summed E-state index contributed by atoms with van der Waals surface area (Å²) in [4.78, 5) is 40.5. The van der Waals surface area contributed by atoms with Crippen molar-refractivity contribution in [3.8, 4) is 0 Å². The van der Waals surface area contributed by atoms with Crippen LogP contribution in [0.5, 0.6) is 0 Å². The van der Waals surface area contributed by atoms with Crippen LogP contribution in [0.1, 0.15) is 51.4 Å². The quantitative estimate of drug-likeness (QED) is 0.103. The lowest BCUT2D eigenvalue weighted by atomic mass is 9.77. The zero-order valence-electron chi connectivity index (χ0n) is 24.9. The standard InChI is InChI=1S/C28H38Cl8O10S/c29-19-15(9-43-40)16(20(30)24(34)23(19)33)10-44-46-12-3-7-14(8-4-12)47(41,42)13-5-1-11(2-6-13)45-28(39)18-17(27(37)38)21(31)25(35)26(36)22(18)32/h11-26,40H,1-10H2,(H,37,38). The smallest absolute Gasteiger partial charge is 0.311 e. The molecule has 0 bridgehead atoms.